The third-order valence-corrected chi connectivity index (χ3v) is 4.11. The van der Waals surface area contributed by atoms with Crippen LogP contribution in [0.2, 0.25) is 0 Å². The molecule has 108 valence electrons. The van der Waals surface area contributed by atoms with E-state index in [1.54, 1.807) is 23.6 Å². The number of hydrogen-bond acceptors (Lipinski definition) is 3. The van der Waals surface area contributed by atoms with E-state index in [0.29, 0.717) is 18.9 Å². The van der Waals surface area contributed by atoms with Crippen LogP contribution in [0.15, 0.2) is 12.7 Å². The molecular formula is C14H24N2O2S. The van der Waals surface area contributed by atoms with Gasteiger partial charge in [-0.3, -0.25) is 9.59 Å². The summed E-state index contributed by atoms with van der Waals surface area (Å²) in [7, 11) is 0. The Morgan fingerprint density at radius 3 is 2.74 bits per heavy atom. The molecule has 1 N–H and O–H groups in total. The van der Waals surface area contributed by atoms with Gasteiger partial charge in [0, 0.05) is 18.1 Å². The molecule has 1 aliphatic rings. The molecule has 5 heteroatoms. The van der Waals surface area contributed by atoms with E-state index in [0.717, 1.165) is 11.5 Å². The molecule has 0 aromatic heterocycles. The van der Waals surface area contributed by atoms with Gasteiger partial charge in [-0.15, -0.1) is 6.58 Å². The zero-order chi connectivity index (χ0) is 14.4. The number of rotatable bonds is 7. The summed E-state index contributed by atoms with van der Waals surface area (Å²) < 4.78 is 0. The van der Waals surface area contributed by atoms with Gasteiger partial charge in [-0.1, -0.05) is 19.9 Å². The number of hydrogen-bond donors (Lipinski definition) is 1. The number of thioether (sulfide) groups is 1. The first-order valence-electron chi connectivity index (χ1n) is 6.76. The average molecular weight is 284 g/mol. The summed E-state index contributed by atoms with van der Waals surface area (Å²) in [5.41, 5.74) is 0. The lowest BCUT2D eigenvalue weighted by Crippen LogP contribution is -2.62. The average Bonchev–Trinajstić information content (AvgIpc) is 2.34. The first-order chi connectivity index (χ1) is 8.97. The summed E-state index contributed by atoms with van der Waals surface area (Å²) in [5.74, 6) is 2.11. The van der Waals surface area contributed by atoms with E-state index in [1.807, 2.05) is 6.08 Å². The van der Waals surface area contributed by atoms with Crippen molar-refractivity contribution >= 4 is 23.6 Å². The lowest BCUT2D eigenvalue weighted by Gasteiger charge is -2.37. The minimum Gasteiger partial charge on any atom is -0.343 e. The number of carbonyl (C=O) groups is 2. The molecule has 2 amide bonds. The van der Waals surface area contributed by atoms with Gasteiger partial charge in [0.15, 0.2) is 0 Å². The molecule has 2 atom stereocenters. The van der Waals surface area contributed by atoms with E-state index >= 15 is 0 Å². The molecule has 1 saturated heterocycles. The zero-order valence-corrected chi connectivity index (χ0v) is 12.8. The van der Waals surface area contributed by atoms with Gasteiger partial charge in [0.25, 0.3) is 0 Å². The standard InChI is InChI=1S/C14H24N2O2S/c1-5-7-19-8-6-16-11(4)13(17)15-12(14(16)18)9-10(2)3/h5,10-12H,1,6-9H2,2-4H3,(H,15,17). The SMILES string of the molecule is C=CCSCCN1C(=O)C(CC(C)C)NC(=O)C1C. The van der Waals surface area contributed by atoms with Gasteiger partial charge in [-0.25, -0.2) is 0 Å². The molecular weight excluding hydrogens is 260 g/mol. The zero-order valence-electron chi connectivity index (χ0n) is 12.0. The second-order valence-electron chi connectivity index (χ2n) is 5.26. The summed E-state index contributed by atoms with van der Waals surface area (Å²) in [6.45, 7) is 10.2. The Kier molecular flexibility index (Phi) is 6.42. The van der Waals surface area contributed by atoms with Gasteiger partial charge in [0.1, 0.15) is 12.1 Å². The van der Waals surface area contributed by atoms with Crippen molar-refractivity contribution in [3.8, 4) is 0 Å². The van der Waals surface area contributed by atoms with E-state index in [1.165, 1.54) is 0 Å². The van der Waals surface area contributed by atoms with Crippen LogP contribution >= 0.6 is 11.8 Å². The van der Waals surface area contributed by atoms with E-state index in [9.17, 15) is 9.59 Å². The number of nitrogens with zero attached hydrogens (tertiary/aromatic N) is 1. The Bertz CT molecular complexity index is 344. The van der Waals surface area contributed by atoms with Gasteiger partial charge < -0.3 is 10.2 Å². The molecule has 0 radical (unpaired) electrons. The Hall–Kier alpha value is -0.970. The maximum Gasteiger partial charge on any atom is 0.245 e. The van der Waals surface area contributed by atoms with E-state index in [4.69, 9.17) is 0 Å². The highest BCUT2D eigenvalue weighted by Gasteiger charge is 2.37. The Morgan fingerprint density at radius 2 is 2.16 bits per heavy atom. The highest BCUT2D eigenvalue weighted by Crippen LogP contribution is 2.16. The molecule has 1 aliphatic heterocycles. The number of nitrogens with one attached hydrogen (secondary N) is 1. The van der Waals surface area contributed by atoms with Gasteiger partial charge in [-0.2, -0.15) is 11.8 Å². The van der Waals surface area contributed by atoms with Crippen LogP contribution in [0.1, 0.15) is 27.2 Å². The van der Waals surface area contributed by atoms with Crippen LogP contribution in [0.25, 0.3) is 0 Å². The predicted octanol–water partition coefficient (Wildman–Crippen LogP) is 1.67. The fourth-order valence-corrected chi connectivity index (χ4v) is 2.81. The van der Waals surface area contributed by atoms with Gasteiger partial charge >= 0.3 is 0 Å². The molecule has 0 saturated carbocycles. The van der Waals surface area contributed by atoms with Crippen molar-refractivity contribution in [1.82, 2.24) is 10.2 Å². The van der Waals surface area contributed by atoms with E-state index in [2.05, 4.69) is 25.7 Å². The molecule has 0 bridgehead atoms. The molecule has 4 nitrogen and oxygen atoms in total. The van der Waals surface area contributed by atoms with E-state index in [-0.39, 0.29) is 23.9 Å². The molecule has 2 unspecified atom stereocenters. The monoisotopic (exact) mass is 284 g/mol. The first kappa shape index (κ1) is 16.1. The second-order valence-corrected chi connectivity index (χ2v) is 6.41. The van der Waals surface area contributed by atoms with Crippen molar-refractivity contribution in [1.29, 1.82) is 0 Å². The van der Waals surface area contributed by atoms with Crippen molar-refractivity contribution < 1.29 is 9.59 Å². The summed E-state index contributed by atoms with van der Waals surface area (Å²) in [5, 5.41) is 2.83. The van der Waals surface area contributed by atoms with Crippen LogP contribution in [0.3, 0.4) is 0 Å². The Balaban J connectivity index is 2.61. The quantitative estimate of drug-likeness (QED) is 0.571. The fraction of sp³-hybridized carbons (Fsp3) is 0.714. The summed E-state index contributed by atoms with van der Waals surface area (Å²) in [6, 6.07) is -0.714. The van der Waals surface area contributed by atoms with Crippen LogP contribution in [-0.4, -0.2) is 46.8 Å². The molecule has 1 fully saturated rings. The van der Waals surface area contributed by atoms with Crippen LogP contribution in [0.4, 0.5) is 0 Å². The number of amides is 2. The van der Waals surface area contributed by atoms with Crippen molar-refractivity contribution in [2.24, 2.45) is 5.92 Å². The number of carbonyl (C=O) groups excluding carboxylic acids is 2. The lowest BCUT2D eigenvalue weighted by molar-refractivity contribution is -0.148. The Labute approximate surface area is 120 Å². The molecule has 0 aliphatic carbocycles. The van der Waals surface area contributed by atoms with Crippen molar-refractivity contribution in [3.63, 3.8) is 0 Å². The van der Waals surface area contributed by atoms with Crippen molar-refractivity contribution in [3.05, 3.63) is 12.7 Å². The summed E-state index contributed by atoms with van der Waals surface area (Å²) in [4.78, 5) is 26.0. The molecule has 19 heavy (non-hydrogen) atoms. The van der Waals surface area contributed by atoms with Crippen molar-refractivity contribution in [2.45, 2.75) is 39.3 Å². The molecule has 0 aromatic carbocycles. The van der Waals surface area contributed by atoms with Gasteiger partial charge in [0.2, 0.25) is 11.8 Å². The minimum absolute atomic E-state index is 0.0426. The smallest absolute Gasteiger partial charge is 0.245 e. The highest BCUT2D eigenvalue weighted by atomic mass is 32.2. The summed E-state index contributed by atoms with van der Waals surface area (Å²) >= 11 is 1.72. The maximum absolute atomic E-state index is 12.4. The van der Waals surface area contributed by atoms with Crippen LogP contribution < -0.4 is 5.32 Å². The van der Waals surface area contributed by atoms with Crippen molar-refractivity contribution in [2.75, 3.05) is 18.1 Å². The van der Waals surface area contributed by atoms with Crippen LogP contribution in [0.5, 0.6) is 0 Å². The minimum atomic E-state index is -0.361. The largest absolute Gasteiger partial charge is 0.343 e. The summed E-state index contributed by atoms with van der Waals surface area (Å²) in [6.07, 6.45) is 2.55. The molecule has 1 rings (SSSR count). The van der Waals surface area contributed by atoms with Crippen LogP contribution in [0, 0.1) is 5.92 Å². The third-order valence-electron chi connectivity index (χ3n) is 3.16. The third kappa shape index (κ3) is 4.56. The maximum atomic E-state index is 12.4. The predicted molar refractivity (Wildman–Crippen MR) is 80.1 cm³/mol. The van der Waals surface area contributed by atoms with E-state index < -0.39 is 0 Å². The molecule has 1 heterocycles. The number of piperazine rings is 1. The molecule has 0 aromatic rings. The fourth-order valence-electron chi connectivity index (χ4n) is 2.15. The topological polar surface area (TPSA) is 49.4 Å². The first-order valence-corrected chi connectivity index (χ1v) is 7.92. The normalized spacial score (nSPS) is 23.7. The second kappa shape index (κ2) is 7.58. The lowest BCUT2D eigenvalue weighted by atomic mass is 9.99. The van der Waals surface area contributed by atoms with Gasteiger partial charge in [0.05, 0.1) is 0 Å². The molecule has 0 spiro atoms. The van der Waals surface area contributed by atoms with Gasteiger partial charge in [-0.05, 0) is 19.3 Å². The van der Waals surface area contributed by atoms with Crippen LogP contribution in [-0.2, 0) is 9.59 Å². The Morgan fingerprint density at radius 1 is 1.47 bits per heavy atom. The highest BCUT2D eigenvalue weighted by molar-refractivity contribution is 7.99.